The predicted octanol–water partition coefficient (Wildman–Crippen LogP) is 2.33. The number of aromatic nitrogens is 1. The predicted molar refractivity (Wildman–Crippen MR) is 107 cm³/mol. The van der Waals surface area contributed by atoms with Gasteiger partial charge in [-0.25, -0.2) is 9.37 Å². The van der Waals surface area contributed by atoms with E-state index in [1.54, 1.807) is 18.4 Å². The standard InChI is InChI=1S/C19H26FN5OS/c1-14-18(27-13-24-14)12-23-19(21-2)22-11-17(25-7-9-26-10-8-25)15-3-5-16(20)6-4-15/h3-6,13,17H,7-12H2,1-2H3,(H2,21,22,23). The molecule has 1 aliphatic heterocycles. The van der Waals surface area contributed by atoms with Crippen molar-refractivity contribution in [1.82, 2.24) is 20.5 Å². The number of aliphatic imine (C=N–C) groups is 1. The number of aryl methyl sites for hydroxylation is 1. The van der Waals surface area contributed by atoms with Gasteiger partial charge in [0.15, 0.2) is 5.96 Å². The van der Waals surface area contributed by atoms with Crippen LogP contribution in [0.2, 0.25) is 0 Å². The number of benzene rings is 1. The van der Waals surface area contributed by atoms with Gasteiger partial charge < -0.3 is 15.4 Å². The molecule has 2 heterocycles. The number of guanidine groups is 1. The fraction of sp³-hybridized carbons (Fsp3) is 0.474. The molecule has 3 rings (SSSR count). The van der Waals surface area contributed by atoms with Gasteiger partial charge in [-0.05, 0) is 24.6 Å². The van der Waals surface area contributed by atoms with Crippen LogP contribution in [0.25, 0.3) is 0 Å². The topological polar surface area (TPSA) is 61.8 Å². The molecule has 1 fully saturated rings. The molecule has 1 unspecified atom stereocenters. The summed E-state index contributed by atoms with van der Waals surface area (Å²) >= 11 is 1.63. The molecule has 1 atom stereocenters. The minimum Gasteiger partial charge on any atom is -0.379 e. The Kier molecular flexibility index (Phi) is 7.14. The van der Waals surface area contributed by atoms with E-state index in [0.717, 1.165) is 43.5 Å². The second-order valence-electron chi connectivity index (χ2n) is 6.38. The molecule has 1 aromatic heterocycles. The number of nitrogens with one attached hydrogen (secondary N) is 2. The molecule has 146 valence electrons. The fourth-order valence-electron chi connectivity index (χ4n) is 3.11. The van der Waals surface area contributed by atoms with Crippen LogP contribution in [0.4, 0.5) is 4.39 Å². The van der Waals surface area contributed by atoms with Crippen LogP contribution in [-0.4, -0.2) is 55.7 Å². The highest BCUT2D eigenvalue weighted by atomic mass is 32.1. The molecule has 0 radical (unpaired) electrons. The molecular formula is C19H26FN5OS. The quantitative estimate of drug-likeness (QED) is 0.585. The van der Waals surface area contributed by atoms with Gasteiger partial charge in [0.25, 0.3) is 0 Å². The molecule has 0 aliphatic carbocycles. The maximum atomic E-state index is 13.3. The first-order valence-corrected chi connectivity index (χ1v) is 9.96. The molecule has 0 amide bonds. The molecule has 0 saturated carbocycles. The van der Waals surface area contributed by atoms with Crippen LogP contribution in [-0.2, 0) is 11.3 Å². The van der Waals surface area contributed by atoms with Crippen molar-refractivity contribution in [2.45, 2.75) is 19.5 Å². The largest absolute Gasteiger partial charge is 0.379 e. The number of halogens is 1. The van der Waals surface area contributed by atoms with E-state index in [-0.39, 0.29) is 11.9 Å². The molecule has 6 nitrogen and oxygen atoms in total. The third-order valence-electron chi connectivity index (χ3n) is 4.69. The van der Waals surface area contributed by atoms with Crippen LogP contribution >= 0.6 is 11.3 Å². The smallest absolute Gasteiger partial charge is 0.191 e. The lowest BCUT2D eigenvalue weighted by Gasteiger charge is -2.35. The Morgan fingerprint density at radius 3 is 2.67 bits per heavy atom. The Labute approximate surface area is 163 Å². The van der Waals surface area contributed by atoms with E-state index in [2.05, 4.69) is 25.5 Å². The van der Waals surface area contributed by atoms with E-state index in [9.17, 15) is 4.39 Å². The van der Waals surface area contributed by atoms with Gasteiger partial charge >= 0.3 is 0 Å². The van der Waals surface area contributed by atoms with E-state index in [1.807, 2.05) is 24.6 Å². The van der Waals surface area contributed by atoms with Crippen LogP contribution in [0.3, 0.4) is 0 Å². The van der Waals surface area contributed by atoms with Crippen molar-refractivity contribution < 1.29 is 9.13 Å². The molecule has 0 bridgehead atoms. The SMILES string of the molecule is CN=C(NCc1scnc1C)NCC(c1ccc(F)cc1)N1CCOCC1. The lowest BCUT2D eigenvalue weighted by atomic mass is 10.0. The highest BCUT2D eigenvalue weighted by molar-refractivity contribution is 7.09. The summed E-state index contributed by atoms with van der Waals surface area (Å²) in [4.78, 5) is 12.2. The molecule has 2 N–H and O–H groups in total. The molecule has 1 saturated heterocycles. The highest BCUT2D eigenvalue weighted by Crippen LogP contribution is 2.21. The maximum absolute atomic E-state index is 13.3. The van der Waals surface area contributed by atoms with E-state index < -0.39 is 0 Å². The minimum atomic E-state index is -0.218. The summed E-state index contributed by atoms with van der Waals surface area (Å²) in [6, 6.07) is 6.87. The Hall–Kier alpha value is -2.03. The van der Waals surface area contributed by atoms with Crippen LogP contribution < -0.4 is 10.6 Å². The average molecular weight is 392 g/mol. The molecular weight excluding hydrogens is 365 g/mol. The zero-order chi connectivity index (χ0) is 19.1. The first kappa shape index (κ1) is 19.7. The van der Waals surface area contributed by atoms with Crippen LogP contribution in [0, 0.1) is 12.7 Å². The summed E-state index contributed by atoms with van der Waals surface area (Å²) in [7, 11) is 1.76. The summed E-state index contributed by atoms with van der Waals surface area (Å²) in [6.07, 6.45) is 0. The van der Waals surface area contributed by atoms with Gasteiger partial charge in [0, 0.05) is 31.6 Å². The van der Waals surface area contributed by atoms with Crippen LogP contribution in [0.5, 0.6) is 0 Å². The molecule has 27 heavy (non-hydrogen) atoms. The number of thiazole rings is 1. The third-order valence-corrected chi connectivity index (χ3v) is 5.62. The molecule has 2 aromatic rings. The summed E-state index contributed by atoms with van der Waals surface area (Å²) in [5, 5.41) is 6.75. The number of rotatable bonds is 6. The zero-order valence-corrected chi connectivity index (χ0v) is 16.6. The second-order valence-corrected chi connectivity index (χ2v) is 7.32. The van der Waals surface area contributed by atoms with Gasteiger partial charge in [0.05, 0.1) is 37.0 Å². The Balaban J connectivity index is 1.63. The molecule has 1 aliphatic rings. The second kappa shape index (κ2) is 9.77. The third kappa shape index (κ3) is 5.47. The van der Waals surface area contributed by atoms with Crippen molar-refractivity contribution in [2.75, 3.05) is 39.9 Å². The first-order chi connectivity index (χ1) is 13.2. The Morgan fingerprint density at radius 2 is 2.04 bits per heavy atom. The van der Waals surface area contributed by atoms with Gasteiger partial charge in [-0.1, -0.05) is 12.1 Å². The van der Waals surface area contributed by atoms with E-state index in [1.165, 1.54) is 17.0 Å². The van der Waals surface area contributed by atoms with E-state index in [0.29, 0.717) is 13.1 Å². The van der Waals surface area contributed by atoms with Gasteiger partial charge in [-0.2, -0.15) is 0 Å². The van der Waals surface area contributed by atoms with Gasteiger partial charge in [0.1, 0.15) is 5.82 Å². The normalized spacial score (nSPS) is 16.9. The first-order valence-electron chi connectivity index (χ1n) is 9.08. The number of nitrogens with zero attached hydrogens (tertiary/aromatic N) is 3. The zero-order valence-electron chi connectivity index (χ0n) is 15.7. The van der Waals surface area contributed by atoms with Crippen molar-refractivity contribution in [3.63, 3.8) is 0 Å². The number of ether oxygens (including phenoxy) is 1. The number of hydrogen-bond acceptors (Lipinski definition) is 5. The lowest BCUT2D eigenvalue weighted by molar-refractivity contribution is 0.0170. The summed E-state index contributed by atoms with van der Waals surface area (Å²) in [5.41, 5.74) is 3.98. The van der Waals surface area contributed by atoms with Crippen LogP contribution in [0.1, 0.15) is 22.2 Å². The van der Waals surface area contributed by atoms with Crippen LogP contribution in [0.15, 0.2) is 34.8 Å². The van der Waals surface area contributed by atoms with Crippen molar-refractivity contribution in [3.8, 4) is 0 Å². The van der Waals surface area contributed by atoms with E-state index in [4.69, 9.17) is 4.74 Å². The lowest BCUT2D eigenvalue weighted by Crippen LogP contribution is -2.46. The minimum absolute atomic E-state index is 0.123. The summed E-state index contributed by atoms with van der Waals surface area (Å²) in [5.74, 6) is 0.521. The van der Waals surface area contributed by atoms with E-state index >= 15 is 0 Å². The van der Waals surface area contributed by atoms with Gasteiger partial charge in [-0.3, -0.25) is 9.89 Å². The van der Waals surface area contributed by atoms with Crippen molar-refractivity contribution in [3.05, 3.63) is 51.7 Å². The maximum Gasteiger partial charge on any atom is 0.191 e. The number of hydrogen-bond donors (Lipinski definition) is 2. The summed E-state index contributed by atoms with van der Waals surface area (Å²) < 4.78 is 18.8. The number of morpholine rings is 1. The molecule has 1 aromatic carbocycles. The monoisotopic (exact) mass is 391 g/mol. The highest BCUT2D eigenvalue weighted by Gasteiger charge is 2.23. The van der Waals surface area contributed by atoms with Crippen molar-refractivity contribution >= 4 is 17.3 Å². The van der Waals surface area contributed by atoms with Crippen molar-refractivity contribution in [2.24, 2.45) is 4.99 Å². The average Bonchev–Trinajstić information content (AvgIpc) is 3.11. The molecule has 0 spiro atoms. The van der Waals surface area contributed by atoms with Gasteiger partial charge in [-0.15, -0.1) is 11.3 Å². The Morgan fingerprint density at radius 1 is 1.30 bits per heavy atom. The van der Waals surface area contributed by atoms with Gasteiger partial charge in [0.2, 0.25) is 0 Å². The summed E-state index contributed by atoms with van der Waals surface area (Å²) in [6.45, 7) is 6.52. The Bertz CT molecular complexity index is 743. The fourth-order valence-corrected chi connectivity index (χ4v) is 3.82. The molecule has 8 heteroatoms. The van der Waals surface area contributed by atoms with Crippen molar-refractivity contribution in [1.29, 1.82) is 0 Å².